The van der Waals surface area contributed by atoms with E-state index in [9.17, 15) is 4.79 Å². The first kappa shape index (κ1) is 13.0. The monoisotopic (exact) mass is 277 g/mol. The molecule has 2 nitrogen and oxygen atoms in total. The molecule has 1 aromatic carbocycles. The third-order valence-electron chi connectivity index (χ3n) is 4.32. The highest BCUT2D eigenvalue weighted by Crippen LogP contribution is 2.48. The molecular formula is C16H20ClNO. The molecule has 2 aliphatic rings. The van der Waals surface area contributed by atoms with Crippen molar-refractivity contribution >= 4 is 17.5 Å². The average Bonchev–Trinajstić information content (AvgIpc) is 3.31. The summed E-state index contributed by atoms with van der Waals surface area (Å²) in [5.74, 6) is 3.03. The first-order valence-corrected chi connectivity index (χ1v) is 7.74. The molecule has 0 radical (unpaired) electrons. The van der Waals surface area contributed by atoms with E-state index in [1.807, 2.05) is 24.3 Å². The summed E-state index contributed by atoms with van der Waals surface area (Å²) in [6, 6.07) is 7.55. The minimum absolute atomic E-state index is 0.0485. The number of hydrogen-bond donors (Lipinski definition) is 1. The van der Waals surface area contributed by atoms with E-state index in [1.54, 1.807) is 0 Å². The molecular weight excluding hydrogens is 258 g/mol. The van der Waals surface area contributed by atoms with Crippen LogP contribution in [0.2, 0.25) is 0 Å². The van der Waals surface area contributed by atoms with E-state index in [0.29, 0.717) is 5.88 Å². The van der Waals surface area contributed by atoms with Crippen LogP contribution in [0.4, 0.5) is 0 Å². The molecule has 3 rings (SSSR count). The van der Waals surface area contributed by atoms with Gasteiger partial charge in [-0.25, -0.2) is 0 Å². The summed E-state index contributed by atoms with van der Waals surface area (Å²) in [5, 5.41) is 3.11. The summed E-state index contributed by atoms with van der Waals surface area (Å²) in [7, 11) is 0. The van der Waals surface area contributed by atoms with E-state index in [2.05, 4.69) is 5.32 Å². The van der Waals surface area contributed by atoms with Crippen LogP contribution in [-0.4, -0.2) is 12.5 Å². The average molecular weight is 278 g/mol. The molecule has 1 aromatic rings. The first-order chi connectivity index (χ1) is 9.28. The fourth-order valence-electron chi connectivity index (χ4n) is 2.82. The Morgan fingerprint density at radius 3 is 2.21 bits per heavy atom. The third kappa shape index (κ3) is 3.30. The van der Waals surface area contributed by atoms with Gasteiger partial charge in [0.05, 0.1) is 0 Å². The largest absolute Gasteiger partial charge is 0.352 e. The Kier molecular flexibility index (Phi) is 3.79. The van der Waals surface area contributed by atoms with Gasteiger partial charge in [0.1, 0.15) is 0 Å². The molecule has 19 heavy (non-hydrogen) atoms. The van der Waals surface area contributed by atoms with Crippen LogP contribution in [0.3, 0.4) is 0 Å². The zero-order valence-electron chi connectivity index (χ0n) is 11.1. The van der Waals surface area contributed by atoms with E-state index in [1.165, 1.54) is 25.7 Å². The number of benzene rings is 1. The van der Waals surface area contributed by atoms with Crippen LogP contribution < -0.4 is 5.32 Å². The molecule has 0 unspecified atom stereocenters. The van der Waals surface area contributed by atoms with Gasteiger partial charge in [0.15, 0.2) is 0 Å². The second-order valence-electron chi connectivity index (χ2n) is 5.88. The summed E-state index contributed by atoms with van der Waals surface area (Å²) in [5.41, 5.74) is 1.78. The highest BCUT2D eigenvalue weighted by atomic mass is 35.5. The van der Waals surface area contributed by atoms with Gasteiger partial charge >= 0.3 is 0 Å². The standard InChI is InChI=1S/C16H20ClNO/c17-9-11-1-3-14(4-2-11)16(19)18-10-15(12-5-6-12)13-7-8-13/h1-4,12-13,15H,5-10H2,(H,18,19). The van der Waals surface area contributed by atoms with Crippen molar-refractivity contribution in [1.82, 2.24) is 5.32 Å². The van der Waals surface area contributed by atoms with E-state index in [0.717, 1.165) is 35.4 Å². The predicted octanol–water partition coefficient (Wildman–Crippen LogP) is 3.59. The topological polar surface area (TPSA) is 29.1 Å². The molecule has 2 saturated carbocycles. The normalized spacial score (nSPS) is 18.6. The molecule has 1 amide bonds. The van der Waals surface area contributed by atoms with Crippen LogP contribution in [0.5, 0.6) is 0 Å². The summed E-state index contributed by atoms with van der Waals surface area (Å²) < 4.78 is 0. The summed E-state index contributed by atoms with van der Waals surface area (Å²) >= 11 is 5.74. The van der Waals surface area contributed by atoms with Gasteiger partial charge < -0.3 is 5.32 Å². The van der Waals surface area contributed by atoms with Gasteiger partial charge in [0, 0.05) is 18.0 Å². The van der Waals surface area contributed by atoms with Crippen molar-refractivity contribution in [2.75, 3.05) is 6.54 Å². The van der Waals surface area contributed by atoms with Gasteiger partial charge in [-0.15, -0.1) is 11.6 Å². The van der Waals surface area contributed by atoms with Crippen LogP contribution in [0.1, 0.15) is 41.6 Å². The second-order valence-corrected chi connectivity index (χ2v) is 6.15. The number of rotatable bonds is 6. The number of alkyl halides is 1. The van der Waals surface area contributed by atoms with Crippen LogP contribution in [0.15, 0.2) is 24.3 Å². The van der Waals surface area contributed by atoms with Gasteiger partial charge in [-0.1, -0.05) is 12.1 Å². The molecule has 1 N–H and O–H groups in total. The Hall–Kier alpha value is -1.02. The van der Waals surface area contributed by atoms with Crippen molar-refractivity contribution in [3.63, 3.8) is 0 Å². The van der Waals surface area contributed by atoms with Gasteiger partial charge in [-0.05, 0) is 61.1 Å². The fraction of sp³-hybridized carbons (Fsp3) is 0.562. The molecule has 2 fully saturated rings. The van der Waals surface area contributed by atoms with E-state index >= 15 is 0 Å². The Labute approximate surface area is 119 Å². The Morgan fingerprint density at radius 1 is 1.16 bits per heavy atom. The van der Waals surface area contributed by atoms with Crippen molar-refractivity contribution < 1.29 is 4.79 Å². The number of carbonyl (C=O) groups is 1. The molecule has 0 atom stereocenters. The Balaban J connectivity index is 1.54. The lowest BCUT2D eigenvalue weighted by atomic mass is 9.98. The Bertz CT molecular complexity index is 436. The number of halogens is 1. The van der Waals surface area contributed by atoms with Crippen LogP contribution in [0.25, 0.3) is 0 Å². The molecule has 0 saturated heterocycles. The smallest absolute Gasteiger partial charge is 0.251 e. The molecule has 0 bridgehead atoms. The van der Waals surface area contributed by atoms with Crippen LogP contribution in [-0.2, 0) is 5.88 Å². The number of nitrogens with one attached hydrogen (secondary N) is 1. The van der Waals surface area contributed by atoms with Crippen LogP contribution >= 0.6 is 11.6 Å². The minimum atomic E-state index is 0.0485. The van der Waals surface area contributed by atoms with E-state index < -0.39 is 0 Å². The van der Waals surface area contributed by atoms with E-state index in [-0.39, 0.29) is 5.91 Å². The predicted molar refractivity (Wildman–Crippen MR) is 77.3 cm³/mol. The van der Waals surface area contributed by atoms with Gasteiger partial charge in [-0.3, -0.25) is 4.79 Å². The van der Waals surface area contributed by atoms with Crippen molar-refractivity contribution in [2.45, 2.75) is 31.6 Å². The second kappa shape index (κ2) is 5.54. The van der Waals surface area contributed by atoms with Gasteiger partial charge in [0.25, 0.3) is 5.91 Å². The van der Waals surface area contributed by atoms with Crippen molar-refractivity contribution in [3.05, 3.63) is 35.4 Å². The minimum Gasteiger partial charge on any atom is -0.352 e. The summed E-state index contributed by atoms with van der Waals surface area (Å²) in [6.07, 6.45) is 5.45. The number of carbonyl (C=O) groups excluding carboxylic acids is 1. The third-order valence-corrected chi connectivity index (χ3v) is 4.63. The van der Waals surface area contributed by atoms with E-state index in [4.69, 9.17) is 11.6 Å². The molecule has 0 aromatic heterocycles. The Morgan fingerprint density at radius 2 is 1.74 bits per heavy atom. The maximum Gasteiger partial charge on any atom is 0.251 e. The highest BCUT2D eigenvalue weighted by Gasteiger charge is 2.41. The number of amides is 1. The molecule has 3 heteroatoms. The fourth-order valence-corrected chi connectivity index (χ4v) is 3.00. The maximum atomic E-state index is 12.1. The van der Waals surface area contributed by atoms with Crippen molar-refractivity contribution in [2.24, 2.45) is 17.8 Å². The van der Waals surface area contributed by atoms with Crippen LogP contribution in [0, 0.1) is 17.8 Å². The molecule has 2 aliphatic carbocycles. The maximum absolute atomic E-state index is 12.1. The van der Waals surface area contributed by atoms with Crippen molar-refractivity contribution in [3.8, 4) is 0 Å². The van der Waals surface area contributed by atoms with Gasteiger partial charge in [0.2, 0.25) is 0 Å². The zero-order valence-corrected chi connectivity index (χ0v) is 11.8. The lowest BCUT2D eigenvalue weighted by molar-refractivity contribution is 0.0943. The zero-order chi connectivity index (χ0) is 13.2. The number of hydrogen-bond acceptors (Lipinski definition) is 1. The van der Waals surface area contributed by atoms with Crippen molar-refractivity contribution in [1.29, 1.82) is 0 Å². The molecule has 0 heterocycles. The first-order valence-electron chi connectivity index (χ1n) is 7.21. The lowest BCUT2D eigenvalue weighted by Gasteiger charge is -2.16. The highest BCUT2D eigenvalue weighted by molar-refractivity contribution is 6.17. The summed E-state index contributed by atoms with van der Waals surface area (Å²) in [6.45, 7) is 0.853. The quantitative estimate of drug-likeness (QED) is 0.791. The SMILES string of the molecule is O=C(NCC(C1CC1)C1CC1)c1ccc(CCl)cc1. The molecule has 0 aliphatic heterocycles. The molecule has 0 spiro atoms. The molecule has 102 valence electrons. The van der Waals surface area contributed by atoms with Gasteiger partial charge in [-0.2, -0.15) is 0 Å². The summed E-state index contributed by atoms with van der Waals surface area (Å²) in [4.78, 5) is 12.1. The lowest BCUT2D eigenvalue weighted by Crippen LogP contribution is -2.31.